The molecule has 110 valence electrons. The zero-order valence-corrected chi connectivity index (χ0v) is 13.8. The van der Waals surface area contributed by atoms with Crippen molar-refractivity contribution < 1.29 is 0 Å². The standard InChI is InChI=1S/C16H24BrN3/c1-13(14-2-4-15(17)5-3-14)20-9-6-16(12-20)19-10-7-18-8-11-19/h2-5,13,16,18H,6-12H2,1H3. The Morgan fingerprint density at radius 2 is 1.85 bits per heavy atom. The predicted molar refractivity (Wildman–Crippen MR) is 87.0 cm³/mol. The smallest absolute Gasteiger partial charge is 0.0320 e. The lowest BCUT2D eigenvalue weighted by molar-refractivity contribution is 0.162. The van der Waals surface area contributed by atoms with Gasteiger partial charge in [0.15, 0.2) is 0 Å². The molecule has 2 fully saturated rings. The molecule has 0 aliphatic carbocycles. The van der Waals surface area contributed by atoms with Crippen LogP contribution in [0.3, 0.4) is 0 Å². The van der Waals surface area contributed by atoms with Gasteiger partial charge in [0.1, 0.15) is 0 Å². The predicted octanol–water partition coefficient (Wildman–Crippen LogP) is 2.49. The molecule has 0 spiro atoms. The fraction of sp³-hybridized carbons (Fsp3) is 0.625. The quantitative estimate of drug-likeness (QED) is 0.914. The number of likely N-dealkylation sites (tertiary alicyclic amines) is 1. The molecule has 0 saturated carbocycles. The summed E-state index contributed by atoms with van der Waals surface area (Å²) >= 11 is 3.51. The number of halogens is 1. The summed E-state index contributed by atoms with van der Waals surface area (Å²) in [7, 11) is 0. The summed E-state index contributed by atoms with van der Waals surface area (Å²) < 4.78 is 1.16. The van der Waals surface area contributed by atoms with Crippen molar-refractivity contribution in [1.29, 1.82) is 0 Å². The van der Waals surface area contributed by atoms with Crippen molar-refractivity contribution in [2.24, 2.45) is 0 Å². The van der Waals surface area contributed by atoms with Gasteiger partial charge in [-0.15, -0.1) is 0 Å². The van der Waals surface area contributed by atoms with Crippen LogP contribution < -0.4 is 5.32 Å². The molecule has 3 nitrogen and oxygen atoms in total. The first-order valence-electron chi connectivity index (χ1n) is 7.68. The van der Waals surface area contributed by atoms with Gasteiger partial charge in [-0.3, -0.25) is 9.80 Å². The molecule has 4 heteroatoms. The van der Waals surface area contributed by atoms with Gasteiger partial charge in [0, 0.05) is 55.8 Å². The van der Waals surface area contributed by atoms with Crippen LogP contribution in [0.15, 0.2) is 28.7 Å². The summed E-state index contributed by atoms with van der Waals surface area (Å²) in [6.45, 7) is 9.51. The van der Waals surface area contributed by atoms with Gasteiger partial charge in [0.2, 0.25) is 0 Å². The Bertz CT molecular complexity index is 428. The van der Waals surface area contributed by atoms with Crippen molar-refractivity contribution in [2.45, 2.75) is 25.4 Å². The van der Waals surface area contributed by atoms with Crippen molar-refractivity contribution in [2.75, 3.05) is 39.3 Å². The van der Waals surface area contributed by atoms with E-state index in [0.717, 1.165) is 23.6 Å². The lowest BCUT2D eigenvalue weighted by atomic mass is 10.1. The van der Waals surface area contributed by atoms with E-state index in [0.29, 0.717) is 6.04 Å². The van der Waals surface area contributed by atoms with E-state index < -0.39 is 0 Å². The number of nitrogens with zero attached hydrogens (tertiary/aromatic N) is 2. The molecule has 2 unspecified atom stereocenters. The Morgan fingerprint density at radius 3 is 2.55 bits per heavy atom. The van der Waals surface area contributed by atoms with Crippen LogP contribution in [0.4, 0.5) is 0 Å². The largest absolute Gasteiger partial charge is 0.314 e. The number of hydrogen-bond acceptors (Lipinski definition) is 3. The molecular formula is C16H24BrN3. The summed E-state index contributed by atoms with van der Waals surface area (Å²) in [4.78, 5) is 5.31. The van der Waals surface area contributed by atoms with E-state index in [-0.39, 0.29) is 0 Å². The van der Waals surface area contributed by atoms with E-state index in [1.54, 1.807) is 0 Å². The van der Waals surface area contributed by atoms with E-state index in [2.05, 4.69) is 62.2 Å². The van der Waals surface area contributed by atoms with Gasteiger partial charge in [0.25, 0.3) is 0 Å². The highest BCUT2D eigenvalue weighted by atomic mass is 79.9. The molecule has 2 heterocycles. The monoisotopic (exact) mass is 337 g/mol. The number of nitrogens with one attached hydrogen (secondary N) is 1. The number of rotatable bonds is 3. The first-order valence-corrected chi connectivity index (χ1v) is 8.47. The minimum atomic E-state index is 0.524. The lowest BCUT2D eigenvalue weighted by Crippen LogP contribution is -2.49. The topological polar surface area (TPSA) is 18.5 Å². The van der Waals surface area contributed by atoms with Crippen LogP contribution in [-0.2, 0) is 0 Å². The first-order chi connectivity index (χ1) is 9.74. The molecule has 3 rings (SSSR count). The van der Waals surface area contributed by atoms with Gasteiger partial charge in [-0.25, -0.2) is 0 Å². The van der Waals surface area contributed by atoms with Crippen LogP contribution >= 0.6 is 15.9 Å². The maximum absolute atomic E-state index is 3.51. The molecule has 0 radical (unpaired) electrons. The van der Waals surface area contributed by atoms with Crippen LogP contribution in [-0.4, -0.2) is 55.1 Å². The van der Waals surface area contributed by atoms with Gasteiger partial charge in [-0.05, 0) is 31.0 Å². The Hall–Kier alpha value is -0.420. The summed E-state index contributed by atoms with van der Waals surface area (Å²) in [6, 6.07) is 10.1. The molecule has 0 amide bonds. The van der Waals surface area contributed by atoms with E-state index in [1.165, 1.54) is 38.2 Å². The fourth-order valence-electron chi connectivity index (χ4n) is 3.42. The fourth-order valence-corrected chi connectivity index (χ4v) is 3.68. The minimum Gasteiger partial charge on any atom is -0.314 e. The van der Waals surface area contributed by atoms with Gasteiger partial charge in [0.05, 0.1) is 0 Å². The first kappa shape index (κ1) is 14.5. The normalized spacial score (nSPS) is 26.8. The summed E-state index contributed by atoms with van der Waals surface area (Å²) in [6.07, 6.45) is 1.32. The van der Waals surface area contributed by atoms with E-state index >= 15 is 0 Å². The van der Waals surface area contributed by atoms with Crippen molar-refractivity contribution in [3.8, 4) is 0 Å². The van der Waals surface area contributed by atoms with E-state index in [1.807, 2.05) is 0 Å². The van der Waals surface area contributed by atoms with E-state index in [4.69, 9.17) is 0 Å². The molecule has 20 heavy (non-hydrogen) atoms. The SMILES string of the molecule is CC(c1ccc(Br)cc1)N1CCC(N2CCNCC2)C1. The van der Waals surface area contributed by atoms with Crippen molar-refractivity contribution in [1.82, 2.24) is 15.1 Å². The second-order valence-corrected chi connectivity index (χ2v) is 6.87. The number of hydrogen-bond donors (Lipinski definition) is 1. The van der Waals surface area contributed by atoms with Gasteiger partial charge in [-0.2, -0.15) is 0 Å². The Morgan fingerprint density at radius 1 is 1.15 bits per heavy atom. The minimum absolute atomic E-state index is 0.524. The highest BCUT2D eigenvalue weighted by Gasteiger charge is 2.30. The molecule has 2 atom stereocenters. The summed E-state index contributed by atoms with van der Waals surface area (Å²) in [5.74, 6) is 0. The van der Waals surface area contributed by atoms with Crippen LogP contribution in [0, 0.1) is 0 Å². The highest BCUT2D eigenvalue weighted by molar-refractivity contribution is 9.10. The maximum atomic E-state index is 3.51. The average Bonchev–Trinajstić information content (AvgIpc) is 2.98. The van der Waals surface area contributed by atoms with Gasteiger partial charge >= 0.3 is 0 Å². The lowest BCUT2D eigenvalue weighted by Gasteiger charge is -2.33. The molecule has 2 aliphatic rings. The third kappa shape index (κ3) is 3.25. The highest BCUT2D eigenvalue weighted by Crippen LogP contribution is 2.27. The third-order valence-corrected chi connectivity index (χ3v) is 5.29. The molecule has 0 aromatic heterocycles. The number of benzene rings is 1. The van der Waals surface area contributed by atoms with Crippen molar-refractivity contribution in [3.05, 3.63) is 34.3 Å². The van der Waals surface area contributed by atoms with Crippen LogP contribution in [0.2, 0.25) is 0 Å². The molecule has 2 aliphatic heterocycles. The molecular weight excluding hydrogens is 314 g/mol. The maximum Gasteiger partial charge on any atom is 0.0320 e. The third-order valence-electron chi connectivity index (χ3n) is 4.76. The average molecular weight is 338 g/mol. The van der Waals surface area contributed by atoms with E-state index in [9.17, 15) is 0 Å². The molecule has 2 saturated heterocycles. The Labute approximate surface area is 130 Å². The van der Waals surface area contributed by atoms with Crippen LogP contribution in [0.25, 0.3) is 0 Å². The Kier molecular flexibility index (Phi) is 4.76. The molecule has 0 bridgehead atoms. The van der Waals surface area contributed by atoms with Crippen molar-refractivity contribution >= 4 is 15.9 Å². The molecule has 1 aromatic rings. The second-order valence-electron chi connectivity index (χ2n) is 5.95. The van der Waals surface area contributed by atoms with Crippen LogP contribution in [0.5, 0.6) is 0 Å². The second kappa shape index (κ2) is 6.56. The summed E-state index contributed by atoms with van der Waals surface area (Å²) in [5.41, 5.74) is 1.43. The Balaban J connectivity index is 1.60. The molecule has 1 N–H and O–H groups in total. The van der Waals surface area contributed by atoms with Gasteiger partial charge < -0.3 is 5.32 Å². The number of piperazine rings is 1. The zero-order valence-electron chi connectivity index (χ0n) is 12.2. The van der Waals surface area contributed by atoms with Crippen LogP contribution in [0.1, 0.15) is 24.9 Å². The molecule has 1 aromatic carbocycles. The summed E-state index contributed by atoms with van der Waals surface area (Å²) in [5, 5.41) is 3.44. The van der Waals surface area contributed by atoms with Gasteiger partial charge in [-0.1, -0.05) is 28.1 Å². The van der Waals surface area contributed by atoms with Crippen molar-refractivity contribution in [3.63, 3.8) is 0 Å². The zero-order chi connectivity index (χ0) is 13.9.